The molecule has 1 aliphatic heterocycles. The van der Waals surface area contributed by atoms with Gasteiger partial charge in [-0.2, -0.15) is 0 Å². The van der Waals surface area contributed by atoms with Crippen LogP contribution in [0.2, 0.25) is 0 Å². The highest BCUT2D eigenvalue weighted by molar-refractivity contribution is 6.43. The van der Waals surface area contributed by atoms with Crippen molar-refractivity contribution in [1.82, 2.24) is 10.2 Å². The minimum Gasteiger partial charge on any atom is -0.426 e. The third kappa shape index (κ3) is 3.96. The zero-order valence-corrected chi connectivity index (χ0v) is 12.4. The van der Waals surface area contributed by atoms with E-state index in [1.807, 2.05) is 0 Å². The van der Waals surface area contributed by atoms with Crippen molar-refractivity contribution in [3.8, 4) is 0 Å². The number of carbonyl (C=O) groups is 1. The maximum atomic E-state index is 12.2. The zero-order valence-electron chi connectivity index (χ0n) is 12.4. The van der Waals surface area contributed by atoms with Crippen molar-refractivity contribution in [1.29, 1.82) is 0 Å². The fraction of sp³-hybridized carbons (Fsp3) is 0.929. The topological polar surface area (TPSA) is 72.8 Å². The Morgan fingerprint density at radius 3 is 2.60 bits per heavy atom. The van der Waals surface area contributed by atoms with Crippen LogP contribution in [0.5, 0.6) is 0 Å². The molecule has 1 saturated heterocycles. The largest absolute Gasteiger partial charge is 0.475 e. The van der Waals surface area contributed by atoms with Gasteiger partial charge in [0.2, 0.25) is 5.91 Å². The Morgan fingerprint density at radius 2 is 1.95 bits per heavy atom. The van der Waals surface area contributed by atoms with Crippen LogP contribution in [-0.2, 0) is 4.79 Å². The first kappa shape index (κ1) is 15.8. The summed E-state index contributed by atoms with van der Waals surface area (Å²) < 4.78 is 0. The molecule has 0 radical (unpaired) electrons. The Bertz CT molecular complexity index is 322. The highest BCUT2D eigenvalue weighted by Crippen LogP contribution is 2.26. The SMILES string of the molecule is C[C@H](NCC(=O)N1CCC[C@H]1B(O)O)C1CCCCC1. The molecule has 2 atom stereocenters. The lowest BCUT2D eigenvalue weighted by atomic mass is 9.78. The summed E-state index contributed by atoms with van der Waals surface area (Å²) in [5.41, 5.74) is 0. The van der Waals surface area contributed by atoms with Crippen LogP contribution in [0.3, 0.4) is 0 Å². The molecule has 6 heteroatoms. The number of nitrogens with one attached hydrogen (secondary N) is 1. The van der Waals surface area contributed by atoms with E-state index in [9.17, 15) is 14.8 Å². The molecule has 114 valence electrons. The molecular formula is C14H27BN2O3. The van der Waals surface area contributed by atoms with Crippen LogP contribution < -0.4 is 5.32 Å². The standard InChI is InChI=1S/C14H27BN2O3/c1-11(12-6-3-2-4-7-12)16-10-14(18)17-9-5-8-13(17)15(19)20/h11-13,16,19-20H,2-10H2,1H3/t11-,13-/m0/s1. The summed E-state index contributed by atoms with van der Waals surface area (Å²) in [6, 6.07) is 0.361. The first-order valence-corrected chi connectivity index (χ1v) is 7.98. The van der Waals surface area contributed by atoms with Gasteiger partial charge in [-0.05, 0) is 38.5 Å². The molecule has 1 heterocycles. The minimum absolute atomic E-state index is 0.0109. The van der Waals surface area contributed by atoms with E-state index in [1.165, 1.54) is 32.1 Å². The number of hydrogen-bond acceptors (Lipinski definition) is 4. The molecule has 2 rings (SSSR count). The van der Waals surface area contributed by atoms with Gasteiger partial charge in [-0.25, -0.2) is 0 Å². The number of likely N-dealkylation sites (tertiary alicyclic amines) is 1. The van der Waals surface area contributed by atoms with Crippen molar-refractivity contribution >= 4 is 13.0 Å². The Kier molecular flexibility index (Phi) is 5.87. The molecule has 0 spiro atoms. The Morgan fingerprint density at radius 1 is 1.25 bits per heavy atom. The monoisotopic (exact) mass is 282 g/mol. The summed E-state index contributed by atoms with van der Waals surface area (Å²) in [7, 11) is -1.42. The molecule has 1 aliphatic carbocycles. The molecule has 0 bridgehead atoms. The first-order valence-electron chi connectivity index (χ1n) is 7.98. The van der Waals surface area contributed by atoms with Gasteiger partial charge in [0.05, 0.1) is 12.5 Å². The van der Waals surface area contributed by atoms with Crippen molar-refractivity contribution < 1.29 is 14.8 Å². The van der Waals surface area contributed by atoms with Gasteiger partial charge in [0.15, 0.2) is 0 Å². The maximum absolute atomic E-state index is 12.2. The molecule has 5 nitrogen and oxygen atoms in total. The van der Waals surface area contributed by atoms with Gasteiger partial charge < -0.3 is 20.3 Å². The molecule has 1 saturated carbocycles. The van der Waals surface area contributed by atoms with Gasteiger partial charge in [0, 0.05) is 12.6 Å². The second kappa shape index (κ2) is 7.43. The zero-order chi connectivity index (χ0) is 14.5. The number of nitrogens with zero attached hydrogens (tertiary/aromatic N) is 1. The van der Waals surface area contributed by atoms with E-state index in [2.05, 4.69) is 12.2 Å². The average molecular weight is 282 g/mol. The van der Waals surface area contributed by atoms with Crippen LogP contribution in [0.1, 0.15) is 51.9 Å². The minimum atomic E-state index is -1.42. The predicted octanol–water partition coefficient (Wildman–Crippen LogP) is 0.548. The average Bonchev–Trinajstić information content (AvgIpc) is 2.95. The number of hydrogen-bond donors (Lipinski definition) is 3. The third-order valence-electron chi connectivity index (χ3n) is 4.90. The Hall–Kier alpha value is -0.585. The summed E-state index contributed by atoms with van der Waals surface area (Å²) in [5, 5.41) is 21.9. The van der Waals surface area contributed by atoms with E-state index < -0.39 is 13.1 Å². The lowest BCUT2D eigenvalue weighted by Gasteiger charge is -2.30. The first-order chi connectivity index (χ1) is 9.59. The van der Waals surface area contributed by atoms with Gasteiger partial charge in [0.1, 0.15) is 0 Å². The van der Waals surface area contributed by atoms with Crippen LogP contribution in [0.15, 0.2) is 0 Å². The fourth-order valence-electron chi connectivity index (χ4n) is 3.56. The lowest BCUT2D eigenvalue weighted by Crippen LogP contribution is -2.49. The van der Waals surface area contributed by atoms with E-state index in [1.54, 1.807) is 4.90 Å². The molecule has 0 aromatic rings. The van der Waals surface area contributed by atoms with Crippen molar-refractivity contribution in [3.63, 3.8) is 0 Å². The lowest BCUT2D eigenvalue weighted by molar-refractivity contribution is -0.130. The molecule has 2 aliphatic rings. The Balaban J connectivity index is 1.76. The highest BCUT2D eigenvalue weighted by atomic mass is 16.4. The second-order valence-corrected chi connectivity index (χ2v) is 6.28. The van der Waals surface area contributed by atoms with E-state index in [0.717, 1.165) is 6.42 Å². The van der Waals surface area contributed by atoms with Crippen LogP contribution in [0, 0.1) is 5.92 Å². The quantitative estimate of drug-likeness (QED) is 0.644. The van der Waals surface area contributed by atoms with E-state index in [4.69, 9.17) is 0 Å². The molecule has 3 N–H and O–H groups in total. The van der Waals surface area contributed by atoms with E-state index in [0.29, 0.717) is 31.5 Å². The summed E-state index contributed by atoms with van der Waals surface area (Å²) in [6.45, 7) is 3.10. The van der Waals surface area contributed by atoms with E-state index >= 15 is 0 Å². The molecule has 2 fully saturated rings. The fourth-order valence-corrected chi connectivity index (χ4v) is 3.56. The van der Waals surface area contributed by atoms with Crippen LogP contribution in [0.4, 0.5) is 0 Å². The second-order valence-electron chi connectivity index (χ2n) is 6.28. The van der Waals surface area contributed by atoms with Gasteiger partial charge in [-0.3, -0.25) is 4.79 Å². The molecule has 20 heavy (non-hydrogen) atoms. The van der Waals surface area contributed by atoms with Crippen LogP contribution in [0.25, 0.3) is 0 Å². The molecule has 1 amide bonds. The molecule has 0 aromatic carbocycles. The smallest absolute Gasteiger partial charge is 0.426 e. The summed E-state index contributed by atoms with van der Waals surface area (Å²) >= 11 is 0. The van der Waals surface area contributed by atoms with Gasteiger partial charge in [-0.1, -0.05) is 19.3 Å². The predicted molar refractivity (Wildman–Crippen MR) is 79.0 cm³/mol. The summed E-state index contributed by atoms with van der Waals surface area (Å²) in [6.07, 6.45) is 7.99. The number of rotatable bonds is 5. The number of amides is 1. The third-order valence-corrected chi connectivity index (χ3v) is 4.90. The van der Waals surface area contributed by atoms with E-state index in [-0.39, 0.29) is 5.91 Å². The van der Waals surface area contributed by atoms with Crippen molar-refractivity contribution in [2.75, 3.05) is 13.1 Å². The maximum Gasteiger partial charge on any atom is 0.475 e. The van der Waals surface area contributed by atoms with Crippen molar-refractivity contribution in [3.05, 3.63) is 0 Å². The molecule has 0 aromatic heterocycles. The van der Waals surface area contributed by atoms with Gasteiger partial charge in [0.25, 0.3) is 0 Å². The van der Waals surface area contributed by atoms with Gasteiger partial charge in [-0.15, -0.1) is 0 Å². The highest BCUT2D eigenvalue weighted by Gasteiger charge is 2.36. The van der Waals surface area contributed by atoms with Gasteiger partial charge >= 0.3 is 7.12 Å². The van der Waals surface area contributed by atoms with Crippen molar-refractivity contribution in [2.45, 2.75) is 63.9 Å². The molecule has 0 unspecified atom stereocenters. The molecular weight excluding hydrogens is 255 g/mol. The van der Waals surface area contributed by atoms with Crippen LogP contribution in [-0.4, -0.2) is 53.0 Å². The normalized spacial score (nSPS) is 25.8. The Labute approximate surface area is 121 Å². The van der Waals surface area contributed by atoms with Crippen LogP contribution >= 0.6 is 0 Å². The summed E-state index contributed by atoms with van der Waals surface area (Å²) in [5.74, 6) is 0.243. The van der Waals surface area contributed by atoms with Crippen molar-refractivity contribution in [2.24, 2.45) is 5.92 Å². The summed E-state index contributed by atoms with van der Waals surface area (Å²) in [4.78, 5) is 13.8. The number of carbonyl (C=O) groups excluding carboxylic acids is 1.